The van der Waals surface area contributed by atoms with E-state index in [1.807, 2.05) is 30.3 Å². The number of hydrogen-bond donors (Lipinski definition) is 0. The van der Waals surface area contributed by atoms with E-state index >= 15 is 0 Å². The minimum absolute atomic E-state index is 0. The molecule has 0 bridgehead atoms. The summed E-state index contributed by atoms with van der Waals surface area (Å²) in [5.74, 6) is 0.786. The van der Waals surface area contributed by atoms with Crippen molar-refractivity contribution in [2.75, 3.05) is 7.11 Å². The Hall–Kier alpha value is -1.09. The number of rotatable bonds is 1. The summed E-state index contributed by atoms with van der Waals surface area (Å²) < 4.78 is 5.07. The molecule has 1 aromatic heterocycles. The predicted molar refractivity (Wildman–Crippen MR) is 47.1 cm³/mol. The topological polar surface area (TPSA) is 23.4 Å². The van der Waals surface area contributed by atoms with Gasteiger partial charge in [-0.25, -0.2) is 0 Å². The number of para-hydroxylation sites is 1. The zero-order valence-corrected chi connectivity index (χ0v) is 8.84. The Morgan fingerprint density at radius 1 is 1.08 bits per heavy atom. The van der Waals surface area contributed by atoms with Gasteiger partial charge in [0.25, 0.3) is 0 Å². The van der Waals surface area contributed by atoms with Crippen molar-refractivity contribution in [3.63, 3.8) is 0 Å². The van der Waals surface area contributed by atoms with Crippen molar-refractivity contribution >= 4 is 10.9 Å². The first-order valence-electron chi connectivity index (χ1n) is 3.85. The van der Waals surface area contributed by atoms with Gasteiger partial charge in [0.15, 0.2) is 0 Å². The van der Waals surface area contributed by atoms with Crippen molar-refractivity contribution in [2.24, 2.45) is 0 Å². The third-order valence-electron chi connectivity index (χ3n) is 1.85. The van der Waals surface area contributed by atoms with Gasteiger partial charge in [-0.3, -0.25) is 0 Å². The molecule has 0 aliphatic rings. The molecule has 1 aromatic carbocycles. The first-order valence-corrected chi connectivity index (χ1v) is 3.85. The van der Waals surface area contributed by atoms with Crippen LogP contribution in [0.15, 0.2) is 36.4 Å². The molecular weight excluding hydrogens is 230 g/mol. The van der Waals surface area contributed by atoms with Crippen LogP contribution in [0.4, 0.5) is 0 Å². The smallest absolute Gasteiger partial charge is 0.366 e. The molecule has 0 aliphatic carbocycles. The fourth-order valence-corrected chi connectivity index (χ4v) is 1.22. The van der Waals surface area contributed by atoms with Crippen LogP contribution in [-0.2, 0) is 0 Å². The molecule has 0 fully saturated rings. The van der Waals surface area contributed by atoms with E-state index in [4.69, 9.17) is 4.74 Å². The normalized spacial score (nSPS) is 9.31. The number of pyridine rings is 1. The molecular formula is C10H10BrNO. The molecule has 13 heavy (non-hydrogen) atoms. The number of aromatic nitrogens is 1. The summed E-state index contributed by atoms with van der Waals surface area (Å²) >= 11 is 0. The number of H-pyrrole nitrogens is 1. The van der Waals surface area contributed by atoms with Gasteiger partial charge in [0.05, 0.1) is 13.2 Å². The zero-order chi connectivity index (χ0) is 8.39. The van der Waals surface area contributed by atoms with Crippen LogP contribution in [0.5, 0.6) is 5.88 Å². The molecule has 1 heterocycles. The number of hydrogen-bond acceptors (Lipinski definition) is 1. The van der Waals surface area contributed by atoms with E-state index in [-0.39, 0.29) is 17.0 Å². The van der Waals surface area contributed by atoms with Crippen molar-refractivity contribution in [1.82, 2.24) is 0 Å². The maximum Gasteiger partial charge on any atom is 0.366 e. The van der Waals surface area contributed by atoms with Gasteiger partial charge in [-0.15, -0.1) is 0 Å². The van der Waals surface area contributed by atoms with Crippen molar-refractivity contribution in [2.45, 2.75) is 0 Å². The van der Waals surface area contributed by atoms with Crippen molar-refractivity contribution < 1.29 is 26.7 Å². The van der Waals surface area contributed by atoms with E-state index in [0.29, 0.717) is 0 Å². The lowest BCUT2D eigenvalue weighted by atomic mass is 10.2. The van der Waals surface area contributed by atoms with Crippen LogP contribution in [0.1, 0.15) is 0 Å². The lowest BCUT2D eigenvalue weighted by Crippen LogP contribution is -3.00. The van der Waals surface area contributed by atoms with Crippen LogP contribution < -0.4 is 26.7 Å². The molecule has 0 saturated carbocycles. The lowest BCUT2D eigenvalue weighted by molar-refractivity contribution is -0.361. The molecule has 0 spiro atoms. The minimum atomic E-state index is 0. The van der Waals surface area contributed by atoms with Gasteiger partial charge < -0.3 is 21.7 Å². The highest BCUT2D eigenvalue weighted by Crippen LogP contribution is 2.10. The Morgan fingerprint density at radius 3 is 2.62 bits per heavy atom. The third kappa shape index (κ3) is 1.98. The Morgan fingerprint density at radius 2 is 1.85 bits per heavy atom. The number of benzene rings is 1. The second-order valence-corrected chi connectivity index (χ2v) is 2.61. The predicted octanol–water partition coefficient (Wildman–Crippen LogP) is -1.33. The Kier molecular flexibility index (Phi) is 3.25. The number of methoxy groups -OCH3 is 1. The zero-order valence-electron chi connectivity index (χ0n) is 7.25. The molecule has 0 unspecified atom stereocenters. The Balaban J connectivity index is 0.000000845. The summed E-state index contributed by atoms with van der Waals surface area (Å²) in [6, 6.07) is 12.1. The van der Waals surface area contributed by atoms with Crippen molar-refractivity contribution in [3.8, 4) is 5.88 Å². The highest BCUT2D eigenvalue weighted by atomic mass is 79.9. The summed E-state index contributed by atoms with van der Waals surface area (Å²) in [6.07, 6.45) is 0. The monoisotopic (exact) mass is 239 g/mol. The second kappa shape index (κ2) is 4.23. The molecule has 2 nitrogen and oxygen atoms in total. The molecule has 0 atom stereocenters. The van der Waals surface area contributed by atoms with E-state index < -0.39 is 0 Å². The van der Waals surface area contributed by atoms with E-state index in [0.717, 1.165) is 11.4 Å². The van der Waals surface area contributed by atoms with E-state index in [2.05, 4.69) is 11.1 Å². The number of fused-ring (bicyclic) bond motifs is 1. The summed E-state index contributed by atoms with van der Waals surface area (Å²) in [5, 5.41) is 1.19. The highest BCUT2D eigenvalue weighted by molar-refractivity contribution is 5.75. The van der Waals surface area contributed by atoms with Gasteiger partial charge in [0.1, 0.15) is 0 Å². The van der Waals surface area contributed by atoms with Gasteiger partial charge in [-0.2, -0.15) is 4.98 Å². The third-order valence-corrected chi connectivity index (χ3v) is 1.85. The van der Waals surface area contributed by atoms with Crippen LogP contribution in [-0.4, -0.2) is 7.11 Å². The highest BCUT2D eigenvalue weighted by Gasteiger charge is 2.02. The molecule has 1 N–H and O–H groups in total. The van der Waals surface area contributed by atoms with Gasteiger partial charge in [-0.05, 0) is 12.1 Å². The maximum atomic E-state index is 5.07. The first-order chi connectivity index (χ1) is 5.90. The van der Waals surface area contributed by atoms with E-state index in [1.54, 1.807) is 7.11 Å². The maximum absolute atomic E-state index is 5.07. The van der Waals surface area contributed by atoms with Gasteiger partial charge in [0, 0.05) is 11.5 Å². The largest absolute Gasteiger partial charge is 1.00 e. The molecule has 0 saturated heterocycles. The van der Waals surface area contributed by atoms with Gasteiger partial charge in [-0.1, -0.05) is 12.1 Å². The van der Waals surface area contributed by atoms with Crippen LogP contribution in [0.2, 0.25) is 0 Å². The average molecular weight is 240 g/mol. The van der Waals surface area contributed by atoms with Crippen molar-refractivity contribution in [1.29, 1.82) is 0 Å². The van der Waals surface area contributed by atoms with Crippen LogP contribution in [0.3, 0.4) is 0 Å². The molecule has 68 valence electrons. The van der Waals surface area contributed by atoms with Crippen LogP contribution in [0.25, 0.3) is 10.9 Å². The van der Waals surface area contributed by atoms with Crippen LogP contribution in [0, 0.1) is 0 Å². The Labute approximate surface area is 87.3 Å². The molecule has 3 heteroatoms. The summed E-state index contributed by atoms with van der Waals surface area (Å²) in [4.78, 5) is 3.15. The van der Waals surface area contributed by atoms with Crippen LogP contribution >= 0.6 is 0 Å². The van der Waals surface area contributed by atoms with Gasteiger partial charge >= 0.3 is 5.88 Å². The van der Waals surface area contributed by atoms with E-state index in [9.17, 15) is 0 Å². The number of aromatic amines is 1. The lowest BCUT2D eigenvalue weighted by Gasteiger charge is -1.93. The fourth-order valence-electron chi connectivity index (χ4n) is 1.22. The molecule has 2 rings (SSSR count). The molecule has 0 radical (unpaired) electrons. The van der Waals surface area contributed by atoms with E-state index in [1.165, 1.54) is 5.39 Å². The number of halogens is 1. The summed E-state index contributed by atoms with van der Waals surface area (Å²) in [7, 11) is 1.65. The summed E-state index contributed by atoms with van der Waals surface area (Å²) in [5.41, 5.74) is 1.09. The number of nitrogens with one attached hydrogen (secondary N) is 1. The Bertz CT molecular complexity index is 403. The van der Waals surface area contributed by atoms with Gasteiger partial charge in [0.2, 0.25) is 5.52 Å². The SMILES string of the molecule is COc1ccc2ccccc2[nH+]1.[Br-]. The van der Waals surface area contributed by atoms with Crippen molar-refractivity contribution in [3.05, 3.63) is 36.4 Å². The molecule has 0 aliphatic heterocycles. The first kappa shape index (κ1) is 9.99. The minimum Gasteiger partial charge on any atom is -1.00 e. The quantitative estimate of drug-likeness (QED) is 0.605. The number of ether oxygens (including phenoxy) is 1. The summed E-state index contributed by atoms with van der Waals surface area (Å²) in [6.45, 7) is 0. The second-order valence-electron chi connectivity index (χ2n) is 2.61. The fraction of sp³-hybridized carbons (Fsp3) is 0.100. The molecule has 0 amide bonds. The molecule has 2 aromatic rings. The standard InChI is InChI=1S/C10H9NO.BrH/c1-12-10-7-6-8-4-2-3-5-9(8)11-10;/h2-7H,1H3;1H. The average Bonchev–Trinajstić information content (AvgIpc) is 2.17.